The van der Waals surface area contributed by atoms with Crippen molar-refractivity contribution in [2.24, 2.45) is 5.92 Å². The molecule has 0 saturated heterocycles. The number of esters is 1. The van der Waals surface area contributed by atoms with Crippen LogP contribution in [0.4, 0.5) is 0 Å². The quantitative estimate of drug-likeness (QED) is 0.714. The van der Waals surface area contributed by atoms with Gasteiger partial charge in [-0.2, -0.15) is 0 Å². The third-order valence-electron chi connectivity index (χ3n) is 2.10. The van der Waals surface area contributed by atoms with Gasteiger partial charge < -0.3 is 9.64 Å². The molecule has 84 valence electrons. The zero-order valence-electron chi connectivity index (χ0n) is 9.27. The molecule has 1 atom stereocenters. The van der Waals surface area contributed by atoms with Gasteiger partial charge in [-0.3, -0.25) is 9.78 Å². The predicted octanol–water partition coefficient (Wildman–Crippen LogP) is 1.38. The number of nitrogens with zero attached hydrogens (tertiary/aromatic N) is 2. The van der Waals surface area contributed by atoms with E-state index in [9.17, 15) is 4.79 Å². The summed E-state index contributed by atoms with van der Waals surface area (Å²) in [6, 6.07) is 0. The Morgan fingerprint density at radius 2 is 2.47 bits per heavy atom. The van der Waals surface area contributed by atoms with Gasteiger partial charge in [0.15, 0.2) is 0 Å². The van der Waals surface area contributed by atoms with Crippen LogP contribution in [0, 0.1) is 5.92 Å². The highest BCUT2D eigenvalue weighted by molar-refractivity contribution is 7.09. The molecule has 5 heteroatoms. The van der Waals surface area contributed by atoms with Gasteiger partial charge in [0.2, 0.25) is 0 Å². The predicted molar refractivity (Wildman–Crippen MR) is 59.6 cm³/mol. The van der Waals surface area contributed by atoms with Crippen LogP contribution in [0.5, 0.6) is 0 Å². The number of hydrogen-bond acceptors (Lipinski definition) is 5. The lowest BCUT2D eigenvalue weighted by Gasteiger charge is -2.18. The van der Waals surface area contributed by atoms with Gasteiger partial charge in [-0.05, 0) is 7.05 Å². The van der Waals surface area contributed by atoms with Gasteiger partial charge in [-0.1, -0.05) is 6.92 Å². The van der Waals surface area contributed by atoms with E-state index in [1.165, 1.54) is 12.0 Å². The van der Waals surface area contributed by atoms with Crippen molar-refractivity contribution in [1.29, 1.82) is 0 Å². The highest BCUT2D eigenvalue weighted by Crippen LogP contribution is 2.10. The number of rotatable bonds is 5. The summed E-state index contributed by atoms with van der Waals surface area (Å²) in [6.45, 7) is 3.39. The minimum atomic E-state index is -0.161. The minimum absolute atomic E-state index is 0.0899. The van der Waals surface area contributed by atoms with Crippen molar-refractivity contribution in [3.63, 3.8) is 0 Å². The summed E-state index contributed by atoms with van der Waals surface area (Å²) in [4.78, 5) is 18.5. The standard InChI is InChI=1S/C10H16N2O2S/c1-8(10(13)14-3)5-12(2)6-9-4-11-7-15-9/h4,7-8H,5-6H2,1-3H3. The molecule has 1 unspecified atom stereocenters. The van der Waals surface area contributed by atoms with Crippen LogP contribution in [-0.4, -0.2) is 36.6 Å². The Labute approximate surface area is 93.9 Å². The summed E-state index contributed by atoms with van der Waals surface area (Å²) in [7, 11) is 3.40. The molecule has 0 fully saturated rings. The van der Waals surface area contributed by atoms with Gasteiger partial charge >= 0.3 is 5.97 Å². The average Bonchev–Trinajstić information content (AvgIpc) is 2.68. The molecule has 0 saturated carbocycles. The second-order valence-corrected chi connectivity index (χ2v) is 4.56. The number of ether oxygens (including phenoxy) is 1. The molecule has 0 N–H and O–H groups in total. The first-order valence-corrected chi connectivity index (χ1v) is 5.65. The number of aromatic nitrogens is 1. The van der Waals surface area contributed by atoms with Crippen LogP contribution in [-0.2, 0) is 16.1 Å². The molecule has 1 aromatic heterocycles. The van der Waals surface area contributed by atoms with Crippen LogP contribution >= 0.6 is 11.3 Å². The van der Waals surface area contributed by atoms with E-state index in [1.54, 1.807) is 11.3 Å². The molecule has 0 amide bonds. The molecule has 0 spiro atoms. The summed E-state index contributed by atoms with van der Waals surface area (Å²) in [6.07, 6.45) is 1.85. The first-order chi connectivity index (χ1) is 7.13. The number of carbonyl (C=O) groups excluding carboxylic acids is 1. The second kappa shape index (κ2) is 5.82. The highest BCUT2D eigenvalue weighted by Gasteiger charge is 2.15. The summed E-state index contributed by atoms with van der Waals surface area (Å²) < 4.78 is 4.67. The molecular weight excluding hydrogens is 212 g/mol. The van der Waals surface area contributed by atoms with Crippen LogP contribution in [0.25, 0.3) is 0 Å². The maximum atomic E-state index is 11.2. The molecular formula is C10H16N2O2S. The fourth-order valence-corrected chi connectivity index (χ4v) is 2.07. The van der Waals surface area contributed by atoms with Gasteiger partial charge in [0.25, 0.3) is 0 Å². The van der Waals surface area contributed by atoms with E-state index in [0.29, 0.717) is 6.54 Å². The molecule has 1 aromatic rings. The molecule has 0 aliphatic rings. The maximum Gasteiger partial charge on any atom is 0.309 e. The van der Waals surface area contributed by atoms with Crippen LogP contribution in [0.2, 0.25) is 0 Å². The number of carbonyl (C=O) groups is 1. The lowest BCUT2D eigenvalue weighted by atomic mass is 10.2. The van der Waals surface area contributed by atoms with Crippen molar-refractivity contribution in [2.45, 2.75) is 13.5 Å². The molecule has 0 aromatic carbocycles. The topological polar surface area (TPSA) is 42.4 Å². The van der Waals surface area contributed by atoms with Crippen molar-refractivity contribution in [3.8, 4) is 0 Å². The van der Waals surface area contributed by atoms with Gasteiger partial charge in [-0.25, -0.2) is 0 Å². The van der Waals surface area contributed by atoms with E-state index >= 15 is 0 Å². The summed E-state index contributed by atoms with van der Waals surface area (Å²) in [5.41, 5.74) is 1.81. The van der Waals surface area contributed by atoms with Gasteiger partial charge in [0.05, 0.1) is 18.5 Å². The zero-order valence-corrected chi connectivity index (χ0v) is 10.1. The van der Waals surface area contributed by atoms with Crippen molar-refractivity contribution < 1.29 is 9.53 Å². The summed E-state index contributed by atoms with van der Waals surface area (Å²) >= 11 is 1.62. The van der Waals surface area contributed by atoms with Crippen molar-refractivity contribution in [1.82, 2.24) is 9.88 Å². The highest BCUT2D eigenvalue weighted by atomic mass is 32.1. The van der Waals surface area contributed by atoms with Crippen LogP contribution in [0.3, 0.4) is 0 Å². The lowest BCUT2D eigenvalue weighted by molar-refractivity contribution is -0.145. The molecule has 1 rings (SSSR count). The third-order valence-corrected chi connectivity index (χ3v) is 2.86. The molecule has 1 heterocycles. The first kappa shape index (κ1) is 12.1. The monoisotopic (exact) mass is 228 g/mol. The average molecular weight is 228 g/mol. The van der Waals surface area contributed by atoms with E-state index < -0.39 is 0 Å². The molecule has 4 nitrogen and oxygen atoms in total. The minimum Gasteiger partial charge on any atom is -0.469 e. The zero-order chi connectivity index (χ0) is 11.3. The number of methoxy groups -OCH3 is 1. The van der Waals surface area contributed by atoms with E-state index in [4.69, 9.17) is 0 Å². The Morgan fingerprint density at radius 1 is 1.73 bits per heavy atom. The fourth-order valence-electron chi connectivity index (χ4n) is 1.39. The first-order valence-electron chi connectivity index (χ1n) is 4.77. The van der Waals surface area contributed by atoms with Crippen molar-refractivity contribution >= 4 is 17.3 Å². The van der Waals surface area contributed by atoms with Gasteiger partial charge in [0.1, 0.15) is 0 Å². The smallest absolute Gasteiger partial charge is 0.309 e. The van der Waals surface area contributed by atoms with Crippen LogP contribution in [0.15, 0.2) is 11.7 Å². The Kier molecular flexibility index (Phi) is 4.71. The Hall–Kier alpha value is -0.940. The summed E-state index contributed by atoms with van der Waals surface area (Å²) in [5.74, 6) is -0.251. The van der Waals surface area contributed by atoms with Crippen LogP contribution in [0.1, 0.15) is 11.8 Å². The molecule has 15 heavy (non-hydrogen) atoms. The molecule has 0 aliphatic heterocycles. The van der Waals surface area contributed by atoms with E-state index in [1.807, 2.05) is 25.7 Å². The lowest BCUT2D eigenvalue weighted by Crippen LogP contribution is -2.28. The second-order valence-electron chi connectivity index (χ2n) is 3.59. The summed E-state index contributed by atoms with van der Waals surface area (Å²) in [5, 5.41) is 0. The van der Waals surface area contributed by atoms with E-state index in [-0.39, 0.29) is 11.9 Å². The maximum absolute atomic E-state index is 11.2. The third kappa shape index (κ3) is 3.97. The van der Waals surface area contributed by atoms with E-state index in [0.717, 1.165) is 6.54 Å². The van der Waals surface area contributed by atoms with Gasteiger partial charge in [-0.15, -0.1) is 11.3 Å². The number of thiazole rings is 1. The Balaban J connectivity index is 2.35. The Bertz CT molecular complexity index is 300. The molecule has 0 bridgehead atoms. The van der Waals surface area contributed by atoms with Crippen molar-refractivity contribution in [2.75, 3.05) is 20.7 Å². The Morgan fingerprint density at radius 3 is 3.00 bits per heavy atom. The molecule has 0 radical (unpaired) electrons. The van der Waals surface area contributed by atoms with Crippen molar-refractivity contribution in [3.05, 3.63) is 16.6 Å². The normalized spacial score (nSPS) is 12.8. The van der Waals surface area contributed by atoms with Crippen LogP contribution < -0.4 is 0 Å². The van der Waals surface area contributed by atoms with E-state index in [2.05, 4.69) is 14.6 Å². The van der Waals surface area contributed by atoms with Gasteiger partial charge in [0, 0.05) is 24.2 Å². The fraction of sp³-hybridized carbons (Fsp3) is 0.600. The largest absolute Gasteiger partial charge is 0.469 e. The number of hydrogen-bond donors (Lipinski definition) is 0. The molecule has 0 aliphatic carbocycles. The SMILES string of the molecule is COC(=O)C(C)CN(C)Cc1cncs1.